The number of carbonyl (C=O) groups excluding carboxylic acids is 1. The third kappa shape index (κ3) is 4.33. The molecule has 0 N–H and O–H groups in total. The first-order chi connectivity index (χ1) is 11.4. The normalized spacial score (nSPS) is 11.4. The smallest absolute Gasteiger partial charge is 0.247 e. The van der Waals surface area contributed by atoms with Crippen LogP contribution in [0.2, 0.25) is 0 Å². The maximum atomic E-state index is 13.0. The van der Waals surface area contributed by atoms with Gasteiger partial charge >= 0.3 is 0 Å². The molecule has 0 unspecified atom stereocenters. The van der Waals surface area contributed by atoms with Crippen LogP contribution in [-0.4, -0.2) is 32.3 Å². The summed E-state index contributed by atoms with van der Waals surface area (Å²) in [6.07, 6.45) is -0.388. The lowest BCUT2D eigenvalue weighted by Gasteiger charge is -2.23. The first-order valence-corrected chi connectivity index (χ1v) is 8.76. The zero-order chi connectivity index (χ0) is 17.6. The monoisotopic (exact) mass is 348 g/mol. The lowest BCUT2D eigenvalue weighted by molar-refractivity contribution is -0.305. The molecule has 0 radical (unpaired) electrons. The molecule has 0 aliphatic carbocycles. The number of carboxylic acids is 1. The van der Waals surface area contributed by atoms with E-state index in [-0.39, 0.29) is 30.2 Å². The lowest BCUT2D eigenvalue weighted by Crippen LogP contribution is -2.35. The van der Waals surface area contributed by atoms with Crippen LogP contribution in [0, 0.1) is 0 Å². The molecule has 0 spiro atoms. The van der Waals surface area contributed by atoms with Gasteiger partial charge < -0.3 is 14.6 Å². The third-order valence-corrected chi connectivity index (χ3v) is 5.34. The fourth-order valence-corrected chi connectivity index (χ4v) is 3.84. The van der Waals surface area contributed by atoms with E-state index >= 15 is 0 Å². The summed E-state index contributed by atoms with van der Waals surface area (Å²) in [5, 5.41) is 10.8. The maximum absolute atomic E-state index is 13.0. The summed E-state index contributed by atoms with van der Waals surface area (Å²) < 4.78 is 32.2. The molecule has 0 amide bonds. The number of aliphatic carboxylic acids is 1. The number of carboxylic acid groups (broad SMARTS) is 1. The van der Waals surface area contributed by atoms with Crippen molar-refractivity contribution < 1.29 is 23.1 Å². The maximum Gasteiger partial charge on any atom is 0.247 e. The molecular weight excluding hydrogens is 330 g/mol. The molecule has 0 atom stereocenters. The van der Waals surface area contributed by atoms with Crippen LogP contribution in [0.1, 0.15) is 12.0 Å². The van der Waals surface area contributed by atoms with Crippen molar-refractivity contribution in [3.8, 4) is 5.75 Å². The van der Waals surface area contributed by atoms with Crippen LogP contribution in [0.25, 0.3) is 0 Å². The largest absolute Gasteiger partial charge is 0.550 e. The van der Waals surface area contributed by atoms with Gasteiger partial charge in [-0.05, 0) is 17.7 Å². The molecule has 0 heterocycles. The average molecular weight is 348 g/mol. The predicted molar refractivity (Wildman–Crippen MR) is 86.7 cm³/mol. The minimum Gasteiger partial charge on any atom is -0.550 e. The summed E-state index contributed by atoms with van der Waals surface area (Å²) >= 11 is 0. The molecule has 0 bridgehead atoms. The minimum absolute atomic E-state index is 0.00165. The van der Waals surface area contributed by atoms with E-state index < -0.39 is 16.0 Å². The van der Waals surface area contributed by atoms with Gasteiger partial charge in [0.25, 0.3) is 0 Å². The number of rotatable bonds is 8. The van der Waals surface area contributed by atoms with Crippen LogP contribution in [0.15, 0.2) is 59.5 Å². The molecule has 2 aromatic carbocycles. The number of hydrogen-bond acceptors (Lipinski definition) is 5. The quantitative estimate of drug-likeness (QED) is 0.711. The van der Waals surface area contributed by atoms with Crippen LogP contribution in [-0.2, 0) is 21.4 Å². The summed E-state index contributed by atoms with van der Waals surface area (Å²) in [5.74, 6) is -1.09. The molecule has 6 nitrogen and oxygen atoms in total. The first kappa shape index (κ1) is 18.0. The van der Waals surface area contributed by atoms with Gasteiger partial charge in [-0.15, -0.1) is 0 Å². The Labute approximate surface area is 141 Å². The molecule has 0 aliphatic heterocycles. The SMILES string of the molecule is COc1ccccc1S(=O)(=O)N(CCC(=O)[O-])Cc1ccccc1. The number of para-hydroxylation sites is 1. The number of nitrogens with zero attached hydrogens (tertiary/aromatic N) is 1. The minimum atomic E-state index is -3.92. The van der Waals surface area contributed by atoms with Crippen LogP contribution in [0.3, 0.4) is 0 Å². The van der Waals surface area contributed by atoms with Gasteiger partial charge in [0.1, 0.15) is 10.6 Å². The van der Waals surface area contributed by atoms with Crippen LogP contribution < -0.4 is 9.84 Å². The van der Waals surface area contributed by atoms with Gasteiger partial charge in [-0.1, -0.05) is 42.5 Å². The topological polar surface area (TPSA) is 86.7 Å². The van der Waals surface area contributed by atoms with E-state index in [2.05, 4.69) is 0 Å². The second kappa shape index (κ2) is 7.94. The van der Waals surface area contributed by atoms with E-state index in [0.29, 0.717) is 0 Å². The van der Waals surface area contributed by atoms with Crippen molar-refractivity contribution in [2.75, 3.05) is 13.7 Å². The van der Waals surface area contributed by atoms with Crippen LogP contribution in [0.4, 0.5) is 0 Å². The molecule has 0 saturated carbocycles. The summed E-state index contributed by atoms with van der Waals surface area (Å²) in [4.78, 5) is 10.8. The highest BCUT2D eigenvalue weighted by molar-refractivity contribution is 7.89. The Hall–Kier alpha value is -2.38. The Kier molecular flexibility index (Phi) is 5.94. The van der Waals surface area contributed by atoms with E-state index in [4.69, 9.17) is 4.74 Å². The Morgan fingerprint density at radius 1 is 1.08 bits per heavy atom. The molecule has 0 aliphatic rings. The molecule has 0 fully saturated rings. The standard InChI is InChI=1S/C17H19NO5S/c1-23-15-9-5-6-10-16(15)24(21,22)18(12-11-17(19)20)13-14-7-3-2-4-8-14/h2-10H,11-13H2,1H3,(H,19,20)/p-1. The highest BCUT2D eigenvalue weighted by Crippen LogP contribution is 2.27. The fraction of sp³-hybridized carbons (Fsp3) is 0.235. The van der Waals surface area contributed by atoms with Crippen molar-refractivity contribution >= 4 is 16.0 Å². The third-order valence-electron chi connectivity index (χ3n) is 3.45. The van der Waals surface area contributed by atoms with Gasteiger partial charge in [-0.3, -0.25) is 0 Å². The van der Waals surface area contributed by atoms with Crippen LogP contribution in [0.5, 0.6) is 5.75 Å². The Morgan fingerprint density at radius 3 is 2.33 bits per heavy atom. The van der Waals surface area contributed by atoms with E-state index in [1.807, 2.05) is 6.07 Å². The Bertz CT molecular complexity index is 790. The summed E-state index contributed by atoms with van der Waals surface area (Å²) in [7, 11) is -2.53. The number of methoxy groups -OCH3 is 1. The Morgan fingerprint density at radius 2 is 1.71 bits per heavy atom. The predicted octanol–water partition coefficient (Wildman–Crippen LogP) is 1.03. The van der Waals surface area contributed by atoms with Gasteiger partial charge in [0.05, 0.1) is 7.11 Å². The van der Waals surface area contributed by atoms with Gasteiger partial charge in [-0.25, -0.2) is 8.42 Å². The van der Waals surface area contributed by atoms with Gasteiger partial charge in [0.15, 0.2) is 0 Å². The highest BCUT2D eigenvalue weighted by atomic mass is 32.2. The first-order valence-electron chi connectivity index (χ1n) is 7.32. The molecule has 2 rings (SSSR count). The average Bonchev–Trinajstić information content (AvgIpc) is 2.59. The number of sulfonamides is 1. The molecule has 0 aromatic heterocycles. The van der Waals surface area contributed by atoms with Crippen molar-refractivity contribution in [1.29, 1.82) is 0 Å². The van der Waals surface area contributed by atoms with E-state index in [1.54, 1.807) is 42.5 Å². The second-order valence-corrected chi connectivity index (χ2v) is 7.00. The van der Waals surface area contributed by atoms with Crippen LogP contribution >= 0.6 is 0 Å². The van der Waals surface area contributed by atoms with Gasteiger partial charge in [-0.2, -0.15) is 4.31 Å². The van der Waals surface area contributed by atoms with Gasteiger partial charge in [0, 0.05) is 25.5 Å². The fourth-order valence-electron chi connectivity index (χ4n) is 2.26. The van der Waals surface area contributed by atoms with E-state index in [1.165, 1.54) is 13.2 Å². The Balaban J connectivity index is 2.38. The lowest BCUT2D eigenvalue weighted by atomic mass is 10.2. The molecule has 7 heteroatoms. The summed E-state index contributed by atoms with van der Waals surface area (Å²) in [6, 6.07) is 15.2. The summed E-state index contributed by atoms with van der Waals surface area (Å²) in [6.45, 7) is -0.119. The zero-order valence-electron chi connectivity index (χ0n) is 13.2. The molecule has 24 heavy (non-hydrogen) atoms. The molecule has 128 valence electrons. The molecular formula is C17H18NO5S-. The molecule has 0 saturated heterocycles. The number of ether oxygens (including phenoxy) is 1. The van der Waals surface area contributed by atoms with E-state index in [0.717, 1.165) is 9.87 Å². The van der Waals surface area contributed by atoms with Gasteiger partial charge in [0.2, 0.25) is 10.0 Å². The number of carbonyl (C=O) groups is 1. The van der Waals surface area contributed by atoms with E-state index in [9.17, 15) is 18.3 Å². The van der Waals surface area contributed by atoms with Crippen molar-refractivity contribution in [3.63, 3.8) is 0 Å². The van der Waals surface area contributed by atoms with Crippen molar-refractivity contribution in [1.82, 2.24) is 4.31 Å². The van der Waals surface area contributed by atoms with Crippen molar-refractivity contribution in [3.05, 3.63) is 60.2 Å². The molecule has 2 aromatic rings. The number of hydrogen-bond donors (Lipinski definition) is 0. The summed E-state index contributed by atoms with van der Waals surface area (Å²) in [5.41, 5.74) is 0.759. The highest BCUT2D eigenvalue weighted by Gasteiger charge is 2.27. The number of benzene rings is 2. The second-order valence-electron chi connectivity index (χ2n) is 5.10. The zero-order valence-corrected chi connectivity index (χ0v) is 14.0. The van der Waals surface area contributed by atoms with Crippen molar-refractivity contribution in [2.45, 2.75) is 17.9 Å². The van der Waals surface area contributed by atoms with Crippen molar-refractivity contribution in [2.24, 2.45) is 0 Å².